The lowest BCUT2D eigenvalue weighted by molar-refractivity contribution is -0.344. The van der Waals surface area contributed by atoms with Crippen LogP contribution in [0.2, 0.25) is 10.0 Å². The van der Waals surface area contributed by atoms with E-state index in [1.807, 2.05) is 0 Å². The second-order valence-electron chi connectivity index (χ2n) is 7.95. The molecule has 5 atom stereocenters. The van der Waals surface area contributed by atoms with Gasteiger partial charge in [0.05, 0.1) is 13.2 Å². The number of halogens is 2. The predicted octanol–water partition coefficient (Wildman–Crippen LogP) is 1.17. The third kappa shape index (κ3) is 9.96. The number of carbonyl (C=O) groups is 1. The number of carbonyl (C=O) groups excluding carboxylic acids is 1. The van der Waals surface area contributed by atoms with Gasteiger partial charge in [0.2, 0.25) is 0 Å². The molecule has 0 saturated carbocycles. The van der Waals surface area contributed by atoms with Crippen LogP contribution in [0.3, 0.4) is 0 Å². The van der Waals surface area contributed by atoms with Gasteiger partial charge in [-0.25, -0.2) is 4.18 Å². The molecule has 2 rings (SSSR count). The van der Waals surface area contributed by atoms with Gasteiger partial charge in [0, 0.05) is 16.5 Å². The summed E-state index contributed by atoms with van der Waals surface area (Å²) in [6.45, 7) is -0.460. The molecular weight excluding hydrogens is 533 g/mol. The van der Waals surface area contributed by atoms with Crippen molar-refractivity contribution in [2.24, 2.45) is 5.73 Å². The zero-order chi connectivity index (χ0) is 26.2. The lowest BCUT2D eigenvalue weighted by Gasteiger charge is -2.45. The van der Waals surface area contributed by atoms with Crippen LogP contribution in [0, 0.1) is 0 Å². The molecule has 1 fully saturated rings. The molecule has 1 aromatic rings. The third-order valence-corrected chi connectivity index (χ3v) is 5.98. The molecule has 200 valence electrons. The Hall–Kier alpha value is -1.26. The van der Waals surface area contributed by atoms with E-state index in [9.17, 15) is 28.5 Å². The van der Waals surface area contributed by atoms with Crippen molar-refractivity contribution in [2.75, 3.05) is 13.2 Å². The second kappa shape index (κ2) is 13.3. The van der Waals surface area contributed by atoms with Gasteiger partial charge >= 0.3 is 16.4 Å². The fraction of sp³-hybridized carbons (Fsp3) is 0.650. The summed E-state index contributed by atoms with van der Waals surface area (Å²) < 4.78 is 51.2. The first-order valence-corrected chi connectivity index (χ1v) is 12.9. The molecule has 15 heteroatoms. The first-order chi connectivity index (χ1) is 16.3. The van der Waals surface area contributed by atoms with Crippen molar-refractivity contribution in [1.82, 2.24) is 0 Å². The largest absolute Gasteiger partial charge is 0.493 e. The summed E-state index contributed by atoms with van der Waals surface area (Å²) in [5, 5.41) is 30.5. The third-order valence-electron chi connectivity index (χ3n) is 5.08. The lowest BCUT2D eigenvalue weighted by Crippen LogP contribution is -2.70. The summed E-state index contributed by atoms with van der Waals surface area (Å²) in [5.41, 5.74) is 5.40. The summed E-state index contributed by atoms with van der Waals surface area (Å²) in [4.78, 5) is 12.3. The molecule has 1 aromatic carbocycles. The minimum Gasteiger partial charge on any atom is -0.493 e. The zero-order valence-corrected chi connectivity index (χ0v) is 20.9. The molecule has 1 heterocycles. The molecule has 0 aliphatic carbocycles. The monoisotopic (exact) mass is 561 g/mol. The summed E-state index contributed by atoms with van der Waals surface area (Å²) in [6.07, 6.45) is -4.09. The molecule has 1 aliphatic heterocycles. The number of rotatable bonds is 13. The van der Waals surface area contributed by atoms with Crippen LogP contribution in [-0.4, -0.2) is 77.8 Å². The highest BCUT2D eigenvalue weighted by molar-refractivity contribution is 7.80. The molecule has 0 spiro atoms. The molecule has 0 bridgehead atoms. The Balaban J connectivity index is 1.75. The highest BCUT2D eigenvalue weighted by Crippen LogP contribution is 2.30. The van der Waals surface area contributed by atoms with E-state index in [-0.39, 0.29) is 6.42 Å². The van der Waals surface area contributed by atoms with Gasteiger partial charge in [0.15, 0.2) is 12.2 Å². The van der Waals surface area contributed by atoms with E-state index in [1.54, 1.807) is 18.2 Å². The van der Waals surface area contributed by atoms with Crippen molar-refractivity contribution in [2.45, 2.75) is 68.9 Å². The SMILES string of the molecule is NC1(O)O[C@H](CO)[C@@H](OS(=O)(=O)O)[C@H](OC(=O)CCCCCCCOc2cc(Cl)cc(Cl)c2)[C@H]1O. The Morgan fingerprint density at radius 1 is 1.09 bits per heavy atom. The highest BCUT2D eigenvalue weighted by atomic mass is 35.5. The number of benzene rings is 1. The standard InChI is InChI=1S/C20H29Cl2NO11S/c21-12-8-13(22)10-14(9-12)31-7-5-3-1-2-4-6-16(25)32-18-17(34-35(28,29)30)15(11-24)33-20(23,27)19(18)26/h8-10,15,17-19,24,26-27H,1-7,11,23H2,(H,28,29,30)/t15-,17-,18+,19-,20?/m1/s1. The van der Waals surface area contributed by atoms with Gasteiger partial charge in [-0.2, -0.15) is 8.42 Å². The maximum Gasteiger partial charge on any atom is 0.397 e. The Morgan fingerprint density at radius 2 is 1.69 bits per heavy atom. The van der Waals surface area contributed by atoms with Gasteiger partial charge in [-0.15, -0.1) is 0 Å². The Labute approximate surface area is 212 Å². The van der Waals surface area contributed by atoms with Crippen molar-refractivity contribution in [3.05, 3.63) is 28.2 Å². The molecule has 1 saturated heterocycles. The quantitative estimate of drug-likeness (QED) is 0.0998. The van der Waals surface area contributed by atoms with Crippen molar-refractivity contribution in [3.8, 4) is 5.75 Å². The van der Waals surface area contributed by atoms with Crippen LogP contribution in [0.5, 0.6) is 5.75 Å². The zero-order valence-electron chi connectivity index (χ0n) is 18.6. The Kier molecular flexibility index (Phi) is 11.4. The number of hydrogen-bond acceptors (Lipinski definition) is 11. The number of hydrogen-bond donors (Lipinski definition) is 5. The van der Waals surface area contributed by atoms with Crippen LogP contribution in [0.4, 0.5) is 0 Å². The van der Waals surface area contributed by atoms with Crippen LogP contribution >= 0.6 is 23.2 Å². The van der Waals surface area contributed by atoms with E-state index in [0.717, 1.165) is 19.3 Å². The van der Waals surface area contributed by atoms with Crippen LogP contribution < -0.4 is 10.5 Å². The van der Waals surface area contributed by atoms with E-state index in [4.69, 9.17) is 47.7 Å². The molecule has 1 aliphatic rings. The van der Waals surface area contributed by atoms with Gasteiger partial charge in [-0.3, -0.25) is 15.1 Å². The highest BCUT2D eigenvalue weighted by Gasteiger charge is 2.55. The molecule has 35 heavy (non-hydrogen) atoms. The molecular formula is C20H29Cl2NO11S. The number of ether oxygens (including phenoxy) is 3. The van der Waals surface area contributed by atoms with Gasteiger partial charge in [-0.1, -0.05) is 42.5 Å². The van der Waals surface area contributed by atoms with Crippen LogP contribution in [0.1, 0.15) is 38.5 Å². The second-order valence-corrected chi connectivity index (χ2v) is 9.87. The lowest BCUT2D eigenvalue weighted by atomic mass is 9.96. The topological polar surface area (TPSA) is 195 Å². The number of aliphatic hydroxyl groups is 3. The van der Waals surface area contributed by atoms with E-state index >= 15 is 0 Å². The number of aliphatic hydroxyl groups excluding tert-OH is 2. The number of esters is 1. The molecule has 6 N–H and O–H groups in total. The summed E-state index contributed by atoms with van der Waals surface area (Å²) in [6, 6.07) is 4.93. The average molecular weight is 562 g/mol. The minimum absolute atomic E-state index is 0.0903. The molecule has 0 amide bonds. The van der Waals surface area contributed by atoms with Crippen molar-refractivity contribution >= 4 is 39.6 Å². The van der Waals surface area contributed by atoms with Crippen LogP contribution in [0.25, 0.3) is 0 Å². The normalized spacial score (nSPS) is 26.9. The smallest absolute Gasteiger partial charge is 0.397 e. The van der Waals surface area contributed by atoms with E-state index in [0.29, 0.717) is 35.2 Å². The van der Waals surface area contributed by atoms with Crippen molar-refractivity contribution in [1.29, 1.82) is 0 Å². The molecule has 0 aromatic heterocycles. The van der Waals surface area contributed by atoms with E-state index in [2.05, 4.69) is 4.18 Å². The fourth-order valence-corrected chi connectivity index (χ4v) is 4.47. The van der Waals surface area contributed by atoms with E-state index in [1.165, 1.54) is 0 Å². The summed E-state index contributed by atoms with van der Waals surface area (Å²) >= 11 is 11.8. The van der Waals surface area contributed by atoms with Gasteiger partial charge in [0.1, 0.15) is 18.0 Å². The first kappa shape index (κ1) is 30.0. The summed E-state index contributed by atoms with van der Waals surface area (Å²) in [5.74, 6) is -3.03. The Morgan fingerprint density at radius 3 is 2.29 bits per heavy atom. The minimum atomic E-state index is -5.09. The van der Waals surface area contributed by atoms with Crippen molar-refractivity contribution < 1.29 is 51.5 Å². The van der Waals surface area contributed by atoms with Gasteiger partial charge in [0.25, 0.3) is 5.91 Å². The van der Waals surface area contributed by atoms with Crippen LogP contribution in [0.15, 0.2) is 18.2 Å². The Bertz CT molecular complexity index is 927. The number of nitrogens with two attached hydrogens (primary N) is 1. The van der Waals surface area contributed by atoms with E-state index < -0.39 is 53.3 Å². The van der Waals surface area contributed by atoms with Gasteiger partial charge in [-0.05, 0) is 31.0 Å². The molecule has 1 unspecified atom stereocenters. The number of unbranched alkanes of at least 4 members (excludes halogenated alkanes) is 4. The molecule has 12 nitrogen and oxygen atoms in total. The first-order valence-electron chi connectivity index (χ1n) is 10.7. The average Bonchev–Trinajstić information content (AvgIpc) is 2.73. The summed E-state index contributed by atoms with van der Waals surface area (Å²) in [7, 11) is -5.09. The predicted molar refractivity (Wildman–Crippen MR) is 123 cm³/mol. The maximum atomic E-state index is 12.3. The maximum absolute atomic E-state index is 12.3. The van der Waals surface area contributed by atoms with Gasteiger partial charge < -0.3 is 29.5 Å². The van der Waals surface area contributed by atoms with Crippen molar-refractivity contribution in [3.63, 3.8) is 0 Å². The fourth-order valence-electron chi connectivity index (χ4n) is 3.45. The van der Waals surface area contributed by atoms with Crippen LogP contribution in [-0.2, 0) is 28.9 Å². The molecule has 0 radical (unpaired) electrons.